The van der Waals surface area contributed by atoms with Crippen LogP contribution in [0.3, 0.4) is 0 Å². The van der Waals surface area contributed by atoms with E-state index in [2.05, 4.69) is 23.2 Å². The molecule has 66 valence electrons. The van der Waals surface area contributed by atoms with Crippen LogP contribution >= 0.6 is 0 Å². The molecule has 0 aromatic rings. The lowest BCUT2D eigenvalue weighted by Crippen LogP contribution is -2.27. The SMILES string of the molecule is CCC[C@]1(C(=O)O)CC[CH]([Al])C1. The third-order valence-electron chi connectivity index (χ3n) is 2.83. The predicted octanol–water partition coefficient (Wildman–Crippen LogP) is 2.00. The van der Waals surface area contributed by atoms with Gasteiger partial charge in [-0.05, 0) is 19.3 Å². The Balaban J connectivity index is 2.67. The molecule has 0 bridgehead atoms. The molecule has 1 unspecified atom stereocenters. The first-order valence-electron chi connectivity index (χ1n) is 4.60. The number of rotatable bonds is 3. The Bertz CT molecular complexity index is 177. The van der Waals surface area contributed by atoms with Crippen LogP contribution in [0.15, 0.2) is 0 Å². The van der Waals surface area contributed by atoms with Gasteiger partial charge in [0, 0.05) is 0 Å². The van der Waals surface area contributed by atoms with Crippen molar-refractivity contribution in [2.24, 2.45) is 5.41 Å². The van der Waals surface area contributed by atoms with Crippen LogP contribution in [0.5, 0.6) is 0 Å². The zero-order valence-corrected chi connectivity index (χ0v) is 8.70. The van der Waals surface area contributed by atoms with Gasteiger partial charge in [-0.3, -0.25) is 4.79 Å². The summed E-state index contributed by atoms with van der Waals surface area (Å²) in [4.78, 5) is 11.0. The monoisotopic (exact) mass is 182 g/mol. The molecule has 12 heavy (non-hydrogen) atoms. The molecule has 1 saturated carbocycles. The molecule has 3 heteroatoms. The summed E-state index contributed by atoms with van der Waals surface area (Å²) in [6, 6.07) is 0. The van der Waals surface area contributed by atoms with E-state index in [0.29, 0.717) is 4.78 Å². The molecule has 1 aliphatic carbocycles. The van der Waals surface area contributed by atoms with Crippen LogP contribution in [-0.2, 0) is 4.79 Å². The van der Waals surface area contributed by atoms with Crippen LogP contribution < -0.4 is 0 Å². The van der Waals surface area contributed by atoms with Gasteiger partial charge < -0.3 is 5.11 Å². The van der Waals surface area contributed by atoms with Crippen molar-refractivity contribution in [3.8, 4) is 0 Å². The van der Waals surface area contributed by atoms with Crippen molar-refractivity contribution in [3.63, 3.8) is 0 Å². The first-order valence-corrected chi connectivity index (χ1v) is 5.26. The summed E-state index contributed by atoms with van der Waals surface area (Å²) < 4.78 is 0.521. The Morgan fingerprint density at radius 1 is 1.75 bits per heavy atom. The third-order valence-corrected chi connectivity index (χ3v) is 3.40. The first kappa shape index (κ1) is 10.1. The molecule has 2 atom stereocenters. The molecule has 0 spiro atoms. The van der Waals surface area contributed by atoms with E-state index in [4.69, 9.17) is 5.11 Å². The quantitative estimate of drug-likeness (QED) is 0.678. The van der Waals surface area contributed by atoms with Crippen LogP contribution in [0.25, 0.3) is 0 Å². The Labute approximate surface area is 81.8 Å². The lowest BCUT2D eigenvalue weighted by Gasteiger charge is -2.23. The maximum Gasteiger partial charge on any atom is 0.309 e. The highest BCUT2D eigenvalue weighted by Gasteiger charge is 2.42. The second-order valence-electron chi connectivity index (χ2n) is 3.84. The van der Waals surface area contributed by atoms with Crippen LogP contribution in [0.1, 0.15) is 39.0 Å². The third kappa shape index (κ3) is 1.84. The number of carbonyl (C=O) groups is 1. The van der Waals surface area contributed by atoms with Crippen molar-refractivity contribution in [2.45, 2.75) is 43.8 Å². The smallest absolute Gasteiger partial charge is 0.309 e. The minimum absolute atomic E-state index is 0.388. The molecule has 0 aromatic carbocycles. The van der Waals surface area contributed by atoms with E-state index in [9.17, 15) is 4.79 Å². The van der Waals surface area contributed by atoms with E-state index in [1.165, 1.54) is 0 Å². The molecule has 1 N–H and O–H groups in total. The minimum Gasteiger partial charge on any atom is -0.481 e. The topological polar surface area (TPSA) is 37.3 Å². The summed E-state index contributed by atoms with van der Waals surface area (Å²) in [5.74, 6) is -0.589. The normalized spacial score (nSPS) is 35.2. The summed E-state index contributed by atoms with van der Waals surface area (Å²) in [5.41, 5.74) is -0.388. The fourth-order valence-corrected chi connectivity index (χ4v) is 2.79. The van der Waals surface area contributed by atoms with E-state index >= 15 is 0 Å². The second-order valence-corrected chi connectivity index (χ2v) is 4.78. The lowest BCUT2D eigenvalue weighted by molar-refractivity contribution is -0.149. The highest BCUT2D eigenvalue weighted by atomic mass is 27.0. The van der Waals surface area contributed by atoms with Gasteiger partial charge in [-0.15, -0.1) is 4.78 Å². The highest BCUT2D eigenvalue weighted by Crippen LogP contribution is 2.46. The van der Waals surface area contributed by atoms with Crippen LogP contribution in [0, 0.1) is 5.41 Å². The number of hydrogen-bond acceptors (Lipinski definition) is 1. The molecule has 0 amide bonds. The maximum atomic E-state index is 11.0. The Morgan fingerprint density at radius 3 is 2.75 bits per heavy atom. The molecule has 1 fully saturated rings. The predicted molar refractivity (Wildman–Crippen MR) is 48.3 cm³/mol. The lowest BCUT2D eigenvalue weighted by atomic mass is 9.82. The van der Waals surface area contributed by atoms with Crippen molar-refractivity contribution in [1.82, 2.24) is 0 Å². The van der Waals surface area contributed by atoms with Gasteiger partial charge in [-0.1, -0.05) is 19.8 Å². The van der Waals surface area contributed by atoms with Gasteiger partial charge in [0.1, 0.15) is 16.3 Å². The Kier molecular flexibility index (Phi) is 3.20. The molecular formula is C9H15AlO2. The molecule has 1 aliphatic rings. The summed E-state index contributed by atoms with van der Waals surface area (Å²) in [6.07, 6.45) is 4.58. The molecule has 0 saturated heterocycles. The summed E-state index contributed by atoms with van der Waals surface area (Å²) >= 11 is 2.75. The van der Waals surface area contributed by atoms with Crippen LogP contribution in [0.2, 0.25) is 4.78 Å². The minimum atomic E-state index is -0.589. The average molecular weight is 182 g/mol. The highest BCUT2D eigenvalue weighted by molar-refractivity contribution is 6.12. The molecule has 0 aliphatic heterocycles. The molecule has 1 rings (SSSR count). The average Bonchev–Trinajstić information content (AvgIpc) is 2.34. The Hall–Kier alpha value is 0.00247. The molecule has 2 radical (unpaired) electrons. The zero-order chi connectivity index (χ0) is 9.19. The van der Waals surface area contributed by atoms with E-state index in [1.807, 2.05) is 0 Å². The van der Waals surface area contributed by atoms with E-state index in [-0.39, 0.29) is 5.41 Å². The van der Waals surface area contributed by atoms with E-state index in [1.54, 1.807) is 0 Å². The molecule has 0 aromatic heterocycles. The van der Waals surface area contributed by atoms with Crippen molar-refractivity contribution >= 4 is 22.3 Å². The molecule has 2 nitrogen and oxygen atoms in total. The van der Waals surface area contributed by atoms with Crippen molar-refractivity contribution in [2.75, 3.05) is 0 Å². The van der Waals surface area contributed by atoms with Gasteiger partial charge in [0.2, 0.25) is 0 Å². The van der Waals surface area contributed by atoms with E-state index in [0.717, 1.165) is 32.1 Å². The first-order chi connectivity index (χ1) is 5.60. The number of carboxylic acid groups (broad SMARTS) is 1. The Morgan fingerprint density at radius 2 is 2.42 bits per heavy atom. The number of carboxylic acids is 1. The van der Waals surface area contributed by atoms with E-state index < -0.39 is 5.97 Å². The van der Waals surface area contributed by atoms with Gasteiger partial charge in [0.05, 0.1) is 5.41 Å². The fraction of sp³-hybridized carbons (Fsp3) is 0.889. The molecular weight excluding hydrogens is 167 g/mol. The van der Waals surface area contributed by atoms with Crippen LogP contribution in [-0.4, -0.2) is 27.4 Å². The fourth-order valence-electron chi connectivity index (χ4n) is 2.17. The summed E-state index contributed by atoms with van der Waals surface area (Å²) in [6.45, 7) is 2.06. The maximum absolute atomic E-state index is 11.0. The van der Waals surface area contributed by atoms with Gasteiger partial charge in [-0.25, -0.2) is 0 Å². The largest absolute Gasteiger partial charge is 0.481 e. The van der Waals surface area contributed by atoms with Gasteiger partial charge in [0.25, 0.3) is 0 Å². The van der Waals surface area contributed by atoms with Crippen molar-refractivity contribution < 1.29 is 9.90 Å². The summed E-state index contributed by atoms with van der Waals surface area (Å²) in [5, 5.41) is 9.10. The van der Waals surface area contributed by atoms with Gasteiger partial charge in [-0.2, -0.15) is 0 Å². The standard InChI is InChI=1S/C9H15O2.Al/c1-2-5-9(8(10)11)6-3-4-7-9;/h3H,2,4-7H2,1H3,(H,10,11);/t9-;/m1./s1. The van der Waals surface area contributed by atoms with Gasteiger partial charge >= 0.3 is 5.97 Å². The number of hydrogen-bond donors (Lipinski definition) is 1. The van der Waals surface area contributed by atoms with Crippen molar-refractivity contribution in [1.29, 1.82) is 0 Å². The van der Waals surface area contributed by atoms with Crippen molar-refractivity contribution in [3.05, 3.63) is 0 Å². The number of aliphatic carboxylic acids is 1. The second kappa shape index (κ2) is 3.81. The summed E-state index contributed by atoms with van der Waals surface area (Å²) in [7, 11) is 0. The van der Waals surface area contributed by atoms with Crippen LogP contribution in [0.4, 0.5) is 0 Å². The van der Waals surface area contributed by atoms with Gasteiger partial charge in [0.15, 0.2) is 0 Å². The molecule has 0 heterocycles. The zero-order valence-electron chi connectivity index (χ0n) is 7.55.